The summed E-state index contributed by atoms with van der Waals surface area (Å²) in [5.41, 5.74) is -2.12. The van der Waals surface area contributed by atoms with Crippen LogP contribution in [0.5, 0.6) is 0 Å². The van der Waals surface area contributed by atoms with Crippen LogP contribution in [0.3, 0.4) is 0 Å². The van der Waals surface area contributed by atoms with Gasteiger partial charge in [-0.15, -0.1) is 0 Å². The molecule has 8 heteroatoms. The zero-order valence-corrected chi connectivity index (χ0v) is 24.5. The van der Waals surface area contributed by atoms with E-state index in [1.54, 1.807) is 12.1 Å². The normalized spacial score (nSPS) is 44.6. The topological polar surface area (TPSA) is 108 Å². The second-order valence-electron chi connectivity index (χ2n) is 13.7. The molecule has 0 aromatic carbocycles. The third kappa shape index (κ3) is 3.50. The van der Waals surface area contributed by atoms with Gasteiger partial charge in [0.15, 0.2) is 5.76 Å². The highest BCUT2D eigenvalue weighted by atomic mass is 32.2. The first kappa shape index (κ1) is 27.4. The van der Waals surface area contributed by atoms with Crippen molar-refractivity contribution >= 4 is 15.8 Å². The van der Waals surface area contributed by atoms with Crippen LogP contribution in [0.4, 0.5) is 0 Å². The molecule has 1 heterocycles. The molecule has 0 radical (unpaired) electrons. The average molecular weight is 558 g/mol. The van der Waals surface area contributed by atoms with Gasteiger partial charge in [-0.25, -0.2) is 8.42 Å². The van der Waals surface area contributed by atoms with Gasteiger partial charge in [-0.3, -0.25) is 4.79 Å². The van der Waals surface area contributed by atoms with E-state index in [-0.39, 0.29) is 29.6 Å². The van der Waals surface area contributed by atoms with Crippen molar-refractivity contribution in [2.75, 3.05) is 19.3 Å². The molecule has 8 atom stereocenters. The molecule has 3 saturated carbocycles. The smallest absolute Gasteiger partial charge is 0.224 e. The number of aliphatic hydroxyl groups is 2. The van der Waals surface area contributed by atoms with Crippen molar-refractivity contribution in [1.82, 2.24) is 4.31 Å². The molecule has 3 fully saturated rings. The Morgan fingerprint density at radius 1 is 1.10 bits per heavy atom. The number of sulfonamides is 1. The Kier molecular flexibility index (Phi) is 6.07. The van der Waals surface area contributed by atoms with E-state index in [0.29, 0.717) is 38.0 Å². The number of Topliss-reactive ketones (excluding diaryl/α,β-unsaturated/α-hetero) is 1. The van der Waals surface area contributed by atoms with Gasteiger partial charge >= 0.3 is 0 Å². The molecule has 1 aromatic heterocycles. The summed E-state index contributed by atoms with van der Waals surface area (Å²) in [6.45, 7) is 6.89. The van der Waals surface area contributed by atoms with E-state index in [2.05, 4.69) is 32.1 Å². The number of hydrogen-bond acceptors (Lipinski definition) is 6. The van der Waals surface area contributed by atoms with E-state index in [4.69, 9.17) is 4.42 Å². The first-order chi connectivity index (χ1) is 18.3. The number of hydrogen-bond donors (Lipinski definition) is 2. The largest absolute Gasteiger partial charge is 0.461 e. The Balaban J connectivity index is 1.49. The van der Waals surface area contributed by atoms with Crippen molar-refractivity contribution in [3.05, 3.63) is 48.0 Å². The highest BCUT2D eigenvalue weighted by Gasteiger charge is 2.74. The minimum Gasteiger partial charge on any atom is -0.461 e. The van der Waals surface area contributed by atoms with Crippen molar-refractivity contribution in [3.63, 3.8) is 0 Å². The van der Waals surface area contributed by atoms with Crippen molar-refractivity contribution in [3.8, 4) is 0 Å². The number of aliphatic hydroxyl groups excluding tert-OH is 1. The molecule has 2 N–H and O–H groups in total. The molecule has 214 valence electrons. The number of rotatable bonds is 7. The Labute approximate surface area is 232 Å². The molecule has 6 aliphatic carbocycles. The maximum Gasteiger partial charge on any atom is 0.224 e. The van der Waals surface area contributed by atoms with Gasteiger partial charge in [0.1, 0.15) is 0 Å². The Bertz CT molecular complexity index is 1330. The van der Waals surface area contributed by atoms with Crippen LogP contribution in [0.25, 0.3) is 0 Å². The molecule has 0 saturated heterocycles. The standard InChI is InChI=1S/C31H43NO6S/c1-5-16-32(39(4,36)37)20-30(35)13-10-25-28(30,3)12-9-24-27(2)11-8-21(33)18-29(27)14-15-31(24,25)22(19-29)26(34)23-7-6-17-38-23/h6-7,14-15,17,19,21,24-25,33,35H,5,8-13,16,18,20H2,1-4H3/t21?,24-,25-,27-,28+,29+,30-,31-/m1/s1. The van der Waals surface area contributed by atoms with Gasteiger partial charge in [0.25, 0.3) is 0 Å². The lowest BCUT2D eigenvalue weighted by Crippen LogP contribution is -2.67. The maximum absolute atomic E-state index is 14.2. The van der Waals surface area contributed by atoms with Crippen LogP contribution in [0, 0.1) is 33.5 Å². The second-order valence-corrected chi connectivity index (χ2v) is 15.7. The first-order valence-electron chi connectivity index (χ1n) is 14.6. The lowest BCUT2D eigenvalue weighted by Gasteiger charge is -2.71. The van der Waals surface area contributed by atoms with Crippen molar-refractivity contribution in [2.45, 2.75) is 83.8 Å². The van der Waals surface area contributed by atoms with E-state index >= 15 is 0 Å². The fraction of sp³-hybridized carbons (Fsp3) is 0.710. The molecule has 0 aliphatic heterocycles. The zero-order valence-electron chi connectivity index (χ0n) is 23.7. The highest BCUT2D eigenvalue weighted by Crippen LogP contribution is 2.78. The first-order valence-corrected chi connectivity index (χ1v) is 16.5. The SMILES string of the molecule is CCCN(C[C@]1(O)CC[C@H]2[C@]34C=C[C@@]5(C=C3C(=O)c3ccco3)CC(O)CC[C@]5(C)[C@H]4CC[C@@]21C)S(C)(=O)=O. The van der Waals surface area contributed by atoms with E-state index in [9.17, 15) is 23.4 Å². The number of ketones is 1. The summed E-state index contributed by atoms with van der Waals surface area (Å²) in [6.07, 6.45) is 14.8. The van der Waals surface area contributed by atoms with Crippen LogP contribution in [-0.4, -0.2) is 59.8 Å². The lowest BCUT2D eigenvalue weighted by atomic mass is 9.32. The van der Waals surface area contributed by atoms with Crippen LogP contribution in [0.15, 0.2) is 46.6 Å². The molecule has 2 bridgehead atoms. The van der Waals surface area contributed by atoms with Crippen LogP contribution in [-0.2, 0) is 10.0 Å². The van der Waals surface area contributed by atoms with Crippen molar-refractivity contribution in [1.29, 1.82) is 0 Å². The van der Waals surface area contributed by atoms with Crippen molar-refractivity contribution in [2.24, 2.45) is 33.5 Å². The molecule has 7 rings (SSSR count). The predicted octanol–water partition coefficient (Wildman–Crippen LogP) is 4.73. The van der Waals surface area contributed by atoms with Gasteiger partial charge < -0.3 is 14.6 Å². The van der Waals surface area contributed by atoms with E-state index in [0.717, 1.165) is 31.3 Å². The summed E-state index contributed by atoms with van der Waals surface area (Å²) in [6, 6.07) is 3.45. The van der Waals surface area contributed by atoms with Gasteiger partial charge in [-0.1, -0.05) is 39.0 Å². The van der Waals surface area contributed by atoms with E-state index < -0.39 is 38.0 Å². The van der Waals surface area contributed by atoms with Crippen LogP contribution in [0.1, 0.15) is 82.7 Å². The minimum atomic E-state index is -3.48. The van der Waals surface area contributed by atoms with Crippen molar-refractivity contribution < 1.29 is 27.8 Å². The maximum atomic E-state index is 14.2. The summed E-state index contributed by atoms with van der Waals surface area (Å²) in [7, 11) is -3.48. The third-order valence-corrected chi connectivity index (χ3v) is 13.3. The molecule has 1 aromatic rings. The monoisotopic (exact) mass is 557 g/mol. The summed E-state index contributed by atoms with van der Waals surface area (Å²) in [4.78, 5) is 14.2. The molecule has 7 nitrogen and oxygen atoms in total. The predicted molar refractivity (Wildman–Crippen MR) is 148 cm³/mol. The molecule has 1 unspecified atom stereocenters. The molecular formula is C31H43NO6S. The number of furan rings is 1. The molecular weight excluding hydrogens is 514 g/mol. The second kappa shape index (κ2) is 8.63. The minimum absolute atomic E-state index is 0.0276. The summed E-state index contributed by atoms with van der Waals surface area (Å²) < 4.78 is 32.4. The van der Waals surface area contributed by atoms with E-state index in [1.807, 2.05) is 6.92 Å². The van der Waals surface area contributed by atoms with Crippen LogP contribution in [0.2, 0.25) is 0 Å². The number of carbonyl (C=O) groups is 1. The van der Waals surface area contributed by atoms with Gasteiger partial charge in [-0.05, 0) is 80.8 Å². The number of fused-ring (bicyclic) bond motifs is 1. The Morgan fingerprint density at radius 3 is 2.46 bits per heavy atom. The van der Waals surface area contributed by atoms with Gasteiger partial charge in [-0.2, -0.15) is 4.31 Å². The lowest BCUT2D eigenvalue weighted by molar-refractivity contribution is -0.173. The summed E-state index contributed by atoms with van der Waals surface area (Å²) in [5, 5.41) is 23.2. The molecule has 0 amide bonds. The number of allylic oxidation sites excluding steroid dienone is 4. The fourth-order valence-corrected chi connectivity index (χ4v) is 11.0. The average Bonchev–Trinajstić information content (AvgIpc) is 3.50. The summed E-state index contributed by atoms with van der Waals surface area (Å²) >= 11 is 0. The Morgan fingerprint density at radius 2 is 1.79 bits per heavy atom. The molecule has 2 spiro atoms. The zero-order chi connectivity index (χ0) is 28.1. The quantitative estimate of drug-likeness (QED) is 0.371. The van der Waals surface area contributed by atoms with Crippen LogP contribution < -0.4 is 0 Å². The number of carbonyl (C=O) groups excluding carboxylic acids is 1. The van der Waals surface area contributed by atoms with Gasteiger partial charge in [0, 0.05) is 34.9 Å². The highest BCUT2D eigenvalue weighted by molar-refractivity contribution is 7.88. The Hall–Kier alpha value is -1.74. The fourth-order valence-electron chi connectivity index (χ4n) is 10.0. The van der Waals surface area contributed by atoms with Gasteiger partial charge in [0.2, 0.25) is 15.8 Å². The van der Waals surface area contributed by atoms with Gasteiger partial charge in [0.05, 0.1) is 24.2 Å². The summed E-state index contributed by atoms with van der Waals surface area (Å²) in [5.74, 6) is 0.361. The molecule has 6 aliphatic rings. The third-order valence-electron chi connectivity index (χ3n) is 12.1. The number of nitrogens with zero attached hydrogens (tertiary/aromatic N) is 1. The molecule has 39 heavy (non-hydrogen) atoms. The van der Waals surface area contributed by atoms with E-state index in [1.165, 1.54) is 16.8 Å². The van der Waals surface area contributed by atoms with Crippen LogP contribution >= 0.6 is 0 Å².